The molecular formula is C29H32BrN3O6S. The Bertz CT molecular complexity index is 1450. The van der Waals surface area contributed by atoms with Gasteiger partial charge in [0.15, 0.2) is 11.5 Å². The maximum Gasteiger partial charge on any atom is 0.244 e. The highest BCUT2D eigenvalue weighted by Crippen LogP contribution is 2.36. The molecule has 1 aliphatic heterocycles. The fourth-order valence-electron chi connectivity index (χ4n) is 4.38. The van der Waals surface area contributed by atoms with Gasteiger partial charge in [-0.3, -0.25) is 13.9 Å². The van der Waals surface area contributed by atoms with Crippen molar-refractivity contribution in [1.82, 2.24) is 10.2 Å². The number of fused-ring (bicyclic) bond motifs is 1. The van der Waals surface area contributed by atoms with E-state index in [2.05, 4.69) is 21.2 Å². The van der Waals surface area contributed by atoms with E-state index < -0.39 is 28.5 Å². The number of nitrogens with one attached hydrogen (secondary N) is 1. The predicted molar refractivity (Wildman–Crippen MR) is 157 cm³/mol. The number of rotatable bonds is 11. The molecule has 40 heavy (non-hydrogen) atoms. The zero-order chi connectivity index (χ0) is 28.9. The summed E-state index contributed by atoms with van der Waals surface area (Å²) in [5, 5.41) is 2.93. The molecule has 0 unspecified atom stereocenters. The minimum Gasteiger partial charge on any atom is -0.454 e. The number of sulfonamides is 1. The molecule has 0 saturated carbocycles. The summed E-state index contributed by atoms with van der Waals surface area (Å²) in [5.74, 6) is 0.0430. The molecule has 0 saturated heterocycles. The second-order valence-corrected chi connectivity index (χ2v) is 12.6. The largest absolute Gasteiger partial charge is 0.454 e. The number of nitrogens with zero attached hydrogens (tertiary/aromatic N) is 2. The number of carbonyl (C=O) groups excluding carboxylic acids is 2. The molecular weight excluding hydrogens is 598 g/mol. The minimum atomic E-state index is -3.88. The van der Waals surface area contributed by atoms with Crippen LogP contribution in [0.4, 0.5) is 5.69 Å². The number of carbonyl (C=O) groups is 2. The third kappa shape index (κ3) is 7.54. The molecule has 1 N–H and O–H groups in total. The second kappa shape index (κ2) is 12.7. The van der Waals surface area contributed by atoms with Gasteiger partial charge in [0, 0.05) is 29.5 Å². The number of hydrogen-bond donors (Lipinski definition) is 1. The van der Waals surface area contributed by atoms with Crippen LogP contribution in [0.25, 0.3) is 0 Å². The van der Waals surface area contributed by atoms with E-state index in [0.29, 0.717) is 11.5 Å². The molecule has 1 aliphatic rings. The van der Waals surface area contributed by atoms with Gasteiger partial charge in [0.1, 0.15) is 12.6 Å². The van der Waals surface area contributed by atoms with Crippen molar-refractivity contribution in [2.45, 2.75) is 38.9 Å². The zero-order valence-electron chi connectivity index (χ0n) is 22.5. The summed E-state index contributed by atoms with van der Waals surface area (Å²) in [7, 11) is -3.88. The molecule has 0 aromatic heterocycles. The Balaban J connectivity index is 1.72. The summed E-state index contributed by atoms with van der Waals surface area (Å²) in [5.41, 5.74) is 1.92. The summed E-state index contributed by atoms with van der Waals surface area (Å²) >= 11 is 3.43. The first-order chi connectivity index (χ1) is 19.0. The first-order valence-electron chi connectivity index (χ1n) is 12.8. The molecule has 0 aliphatic carbocycles. The highest BCUT2D eigenvalue weighted by molar-refractivity contribution is 9.10. The van der Waals surface area contributed by atoms with Crippen molar-refractivity contribution in [2.24, 2.45) is 0 Å². The van der Waals surface area contributed by atoms with Crippen LogP contribution in [0.2, 0.25) is 0 Å². The Labute approximate surface area is 243 Å². The lowest BCUT2D eigenvalue weighted by molar-refractivity contribution is -0.140. The Morgan fingerprint density at radius 3 is 2.27 bits per heavy atom. The van der Waals surface area contributed by atoms with Gasteiger partial charge >= 0.3 is 0 Å². The van der Waals surface area contributed by atoms with Gasteiger partial charge in [-0.05, 0) is 49.2 Å². The zero-order valence-corrected chi connectivity index (χ0v) is 24.9. The van der Waals surface area contributed by atoms with Gasteiger partial charge in [-0.25, -0.2) is 8.42 Å². The van der Waals surface area contributed by atoms with E-state index in [4.69, 9.17) is 9.47 Å². The molecule has 3 aromatic carbocycles. The predicted octanol–water partition coefficient (Wildman–Crippen LogP) is 4.11. The molecule has 0 bridgehead atoms. The van der Waals surface area contributed by atoms with E-state index in [-0.39, 0.29) is 37.4 Å². The van der Waals surface area contributed by atoms with Crippen molar-refractivity contribution in [2.75, 3.05) is 23.9 Å². The maximum absolute atomic E-state index is 14.1. The molecule has 2 amide bonds. The summed E-state index contributed by atoms with van der Waals surface area (Å²) in [6, 6.07) is 20.5. The molecule has 0 radical (unpaired) electrons. The number of ether oxygens (including phenoxy) is 2. The smallest absolute Gasteiger partial charge is 0.244 e. The van der Waals surface area contributed by atoms with Crippen LogP contribution in [-0.2, 0) is 32.6 Å². The standard InChI is InChI=1S/C29H32BrN3O6S/c1-20(2)31-29(35)25(15-21-7-5-4-6-8-21)32(17-22-9-11-23(30)12-10-22)28(34)18-33(40(3,36)37)24-13-14-26-27(16-24)39-19-38-26/h4-14,16,20,25H,15,17-19H2,1-3H3,(H,31,35)/t25-/m1/s1. The van der Waals surface area contributed by atoms with Crippen molar-refractivity contribution in [3.8, 4) is 11.5 Å². The molecule has 1 heterocycles. The third-order valence-corrected chi connectivity index (χ3v) is 7.96. The van der Waals surface area contributed by atoms with Gasteiger partial charge in [-0.1, -0.05) is 58.4 Å². The Morgan fingerprint density at radius 2 is 1.62 bits per heavy atom. The fraction of sp³-hybridized carbons (Fsp3) is 0.310. The van der Waals surface area contributed by atoms with E-state index in [0.717, 1.165) is 26.2 Å². The SMILES string of the molecule is CC(C)NC(=O)[C@@H](Cc1ccccc1)N(Cc1ccc(Br)cc1)C(=O)CN(c1ccc2c(c1)OCO2)S(C)(=O)=O. The van der Waals surface area contributed by atoms with E-state index in [1.807, 2.05) is 68.4 Å². The van der Waals surface area contributed by atoms with Gasteiger partial charge in [0.2, 0.25) is 28.6 Å². The van der Waals surface area contributed by atoms with E-state index >= 15 is 0 Å². The minimum absolute atomic E-state index is 0.0314. The van der Waals surface area contributed by atoms with Crippen molar-refractivity contribution in [3.63, 3.8) is 0 Å². The van der Waals surface area contributed by atoms with Crippen LogP contribution in [-0.4, -0.2) is 56.8 Å². The van der Waals surface area contributed by atoms with Crippen LogP contribution in [0.15, 0.2) is 77.3 Å². The van der Waals surface area contributed by atoms with E-state index in [1.54, 1.807) is 12.1 Å². The normalized spacial score (nSPS) is 13.1. The fourth-order valence-corrected chi connectivity index (χ4v) is 5.48. The number of anilines is 1. The molecule has 212 valence electrons. The highest BCUT2D eigenvalue weighted by atomic mass is 79.9. The molecule has 3 aromatic rings. The number of halogens is 1. The molecule has 0 fully saturated rings. The van der Waals surface area contributed by atoms with Crippen LogP contribution in [0.3, 0.4) is 0 Å². The lowest BCUT2D eigenvalue weighted by Crippen LogP contribution is -2.54. The highest BCUT2D eigenvalue weighted by Gasteiger charge is 2.33. The summed E-state index contributed by atoms with van der Waals surface area (Å²) < 4.78 is 38.5. The lowest BCUT2D eigenvalue weighted by atomic mass is 10.0. The summed E-state index contributed by atoms with van der Waals surface area (Å²) in [4.78, 5) is 29.1. The molecule has 0 spiro atoms. The van der Waals surface area contributed by atoms with E-state index in [1.165, 1.54) is 11.0 Å². The van der Waals surface area contributed by atoms with Crippen LogP contribution >= 0.6 is 15.9 Å². The first-order valence-corrected chi connectivity index (χ1v) is 15.4. The van der Waals surface area contributed by atoms with Crippen LogP contribution in [0.1, 0.15) is 25.0 Å². The number of benzene rings is 3. The Kier molecular flexibility index (Phi) is 9.36. The van der Waals surface area contributed by atoms with Gasteiger partial charge in [0.25, 0.3) is 0 Å². The molecule has 4 rings (SSSR count). The van der Waals surface area contributed by atoms with Crippen LogP contribution < -0.4 is 19.1 Å². The van der Waals surface area contributed by atoms with Gasteiger partial charge < -0.3 is 19.7 Å². The van der Waals surface area contributed by atoms with Crippen LogP contribution in [0, 0.1) is 0 Å². The van der Waals surface area contributed by atoms with Gasteiger partial charge in [0.05, 0.1) is 11.9 Å². The number of hydrogen-bond acceptors (Lipinski definition) is 6. The molecule has 1 atom stereocenters. The average Bonchev–Trinajstić information content (AvgIpc) is 3.38. The average molecular weight is 631 g/mol. The van der Waals surface area contributed by atoms with Crippen LogP contribution in [0.5, 0.6) is 11.5 Å². The Hall–Kier alpha value is -3.57. The van der Waals surface area contributed by atoms with E-state index in [9.17, 15) is 18.0 Å². The first kappa shape index (κ1) is 29.4. The molecule has 9 nitrogen and oxygen atoms in total. The topological polar surface area (TPSA) is 105 Å². The quantitative estimate of drug-likeness (QED) is 0.342. The Morgan fingerprint density at radius 1 is 0.950 bits per heavy atom. The van der Waals surface area contributed by atoms with Crippen molar-refractivity contribution in [1.29, 1.82) is 0 Å². The van der Waals surface area contributed by atoms with Crippen molar-refractivity contribution < 1.29 is 27.5 Å². The summed E-state index contributed by atoms with van der Waals surface area (Å²) in [6.07, 6.45) is 1.29. The molecule has 11 heteroatoms. The van der Waals surface area contributed by atoms with Gasteiger partial charge in [-0.15, -0.1) is 0 Å². The third-order valence-electron chi connectivity index (χ3n) is 6.29. The van der Waals surface area contributed by atoms with Crippen molar-refractivity contribution in [3.05, 3.63) is 88.4 Å². The second-order valence-electron chi connectivity index (χ2n) is 9.82. The van der Waals surface area contributed by atoms with Crippen molar-refractivity contribution >= 4 is 43.5 Å². The maximum atomic E-state index is 14.1. The summed E-state index contributed by atoms with van der Waals surface area (Å²) in [6.45, 7) is 3.33. The monoisotopic (exact) mass is 629 g/mol. The lowest BCUT2D eigenvalue weighted by Gasteiger charge is -2.34. The number of amides is 2. The van der Waals surface area contributed by atoms with Gasteiger partial charge in [-0.2, -0.15) is 0 Å².